The Morgan fingerprint density at radius 2 is 1.68 bits per heavy atom. The van der Waals surface area contributed by atoms with Crippen LogP contribution in [-0.4, -0.2) is 35.5 Å². The van der Waals surface area contributed by atoms with Crippen LogP contribution in [0, 0.1) is 10.1 Å². The van der Waals surface area contributed by atoms with Crippen molar-refractivity contribution >= 4 is 45.6 Å². The van der Waals surface area contributed by atoms with E-state index in [2.05, 4.69) is 31.8 Å². The number of non-ortho nitro benzene ring substituents is 1. The van der Waals surface area contributed by atoms with Crippen molar-refractivity contribution in [1.82, 2.24) is 10.7 Å². The summed E-state index contributed by atoms with van der Waals surface area (Å²) in [6.07, 6.45) is 1.38. The standard InChI is InChI=1S/C23H17BrN4O6/c24-20-4-2-1-3-19(20)22(30)25-14-21(29)27-26-13-15-5-11-18(12-6-15)34-23(31)16-7-9-17(10-8-16)28(32)33/h1-13H,14H2,(H,25,30)(H,27,29)/b26-13+. The van der Waals surface area contributed by atoms with Gasteiger partial charge in [0.1, 0.15) is 5.75 Å². The van der Waals surface area contributed by atoms with Crippen LogP contribution >= 0.6 is 15.9 Å². The summed E-state index contributed by atoms with van der Waals surface area (Å²) in [5, 5.41) is 17.0. The highest BCUT2D eigenvalue weighted by molar-refractivity contribution is 9.10. The van der Waals surface area contributed by atoms with E-state index in [9.17, 15) is 24.5 Å². The highest BCUT2D eigenvalue weighted by Gasteiger charge is 2.12. The van der Waals surface area contributed by atoms with Crippen molar-refractivity contribution in [2.24, 2.45) is 5.10 Å². The Bertz CT molecular complexity index is 1240. The average molecular weight is 525 g/mol. The van der Waals surface area contributed by atoms with Gasteiger partial charge in [0.15, 0.2) is 0 Å². The first kappa shape index (κ1) is 24.3. The van der Waals surface area contributed by atoms with Crippen LogP contribution in [0.4, 0.5) is 5.69 Å². The van der Waals surface area contributed by atoms with Crippen molar-refractivity contribution in [3.8, 4) is 5.75 Å². The molecule has 3 aromatic rings. The average Bonchev–Trinajstić information content (AvgIpc) is 2.84. The molecule has 0 heterocycles. The fourth-order valence-corrected chi connectivity index (χ4v) is 3.09. The zero-order valence-corrected chi connectivity index (χ0v) is 19.0. The summed E-state index contributed by atoms with van der Waals surface area (Å²) in [6.45, 7) is -0.255. The SMILES string of the molecule is O=C(CNC(=O)c1ccccc1Br)N/N=C/c1ccc(OC(=O)c2ccc([N+](=O)[O-])cc2)cc1. The van der Waals surface area contributed by atoms with E-state index in [1.54, 1.807) is 36.4 Å². The van der Waals surface area contributed by atoms with E-state index in [-0.39, 0.29) is 23.5 Å². The van der Waals surface area contributed by atoms with E-state index in [1.807, 2.05) is 0 Å². The normalized spacial score (nSPS) is 10.5. The lowest BCUT2D eigenvalue weighted by atomic mass is 10.2. The Labute approximate surface area is 201 Å². The van der Waals surface area contributed by atoms with Gasteiger partial charge in [0.05, 0.1) is 28.8 Å². The lowest BCUT2D eigenvalue weighted by molar-refractivity contribution is -0.384. The van der Waals surface area contributed by atoms with E-state index in [1.165, 1.54) is 42.6 Å². The minimum Gasteiger partial charge on any atom is -0.423 e. The number of nitrogens with zero attached hydrogens (tertiary/aromatic N) is 2. The van der Waals surface area contributed by atoms with Gasteiger partial charge in [-0.15, -0.1) is 0 Å². The van der Waals surface area contributed by atoms with Gasteiger partial charge >= 0.3 is 5.97 Å². The van der Waals surface area contributed by atoms with E-state index < -0.39 is 22.7 Å². The van der Waals surface area contributed by atoms with Crippen LogP contribution in [0.25, 0.3) is 0 Å². The summed E-state index contributed by atoms with van der Waals surface area (Å²) in [5.74, 6) is -1.30. The van der Waals surface area contributed by atoms with Crippen molar-refractivity contribution in [2.45, 2.75) is 0 Å². The number of nitrogens with one attached hydrogen (secondary N) is 2. The molecule has 0 unspecified atom stereocenters. The number of nitro benzene ring substituents is 1. The number of esters is 1. The number of carbonyl (C=O) groups is 3. The molecule has 0 radical (unpaired) electrons. The molecular formula is C23H17BrN4O6. The number of benzene rings is 3. The van der Waals surface area contributed by atoms with Crippen LogP contribution in [0.5, 0.6) is 5.75 Å². The molecule has 0 fully saturated rings. The third-order valence-corrected chi connectivity index (χ3v) is 5.03. The van der Waals surface area contributed by atoms with Crippen molar-refractivity contribution < 1.29 is 24.0 Å². The van der Waals surface area contributed by atoms with Gasteiger partial charge in [0.2, 0.25) is 0 Å². The van der Waals surface area contributed by atoms with Crippen LogP contribution in [-0.2, 0) is 4.79 Å². The maximum absolute atomic E-state index is 12.1. The molecule has 3 aromatic carbocycles. The minimum atomic E-state index is -0.659. The summed E-state index contributed by atoms with van der Waals surface area (Å²) < 4.78 is 5.85. The number of carbonyl (C=O) groups excluding carboxylic acids is 3. The molecular weight excluding hydrogens is 508 g/mol. The molecule has 10 nitrogen and oxygen atoms in total. The zero-order valence-electron chi connectivity index (χ0n) is 17.4. The number of halogens is 1. The fourth-order valence-electron chi connectivity index (χ4n) is 2.63. The molecule has 0 saturated heterocycles. The van der Waals surface area contributed by atoms with Crippen molar-refractivity contribution in [2.75, 3.05) is 6.54 Å². The Kier molecular flexibility index (Phi) is 8.19. The molecule has 0 saturated carbocycles. The van der Waals surface area contributed by atoms with Gasteiger partial charge < -0.3 is 10.1 Å². The van der Waals surface area contributed by atoms with Crippen LogP contribution in [0.15, 0.2) is 82.4 Å². The fraction of sp³-hybridized carbons (Fsp3) is 0.0435. The number of amides is 2. The quantitative estimate of drug-likeness (QED) is 0.152. The van der Waals surface area contributed by atoms with E-state index in [0.29, 0.717) is 15.6 Å². The molecule has 0 aliphatic rings. The van der Waals surface area contributed by atoms with Crippen LogP contribution < -0.4 is 15.5 Å². The lowest BCUT2D eigenvalue weighted by Gasteiger charge is -2.06. The number of hydrogen-bond acceptors (Lipinski definition) is 7. The number of hydrogen-bond donors (Lipinski definition) is 2. The van der Waals surface area contributed by atoms with E-state index in [4.69, 9.17) is 4.74 Å². The van der Waals surface area contributed by atoms with E-state index in [0.717, 1.165) is 0 Å². The van der Waals surface area contributed by atoms with Crippen LogP contribution in [0.2, 0.25) is 0 Å². The number of ether oxygens (including phenoxy) is 1. The summed E-state index contributed by atoms with van der Waals surface area (Å²) >= 11 is 3.27. The predicted molar refractivity (Wildman–Crippen MR) is 127 cm³/mol. The summed E-state index contributed by atoms with van der Waals surface area (Å²) in [5.41, 5.74) is 3.38. The Hall–Kier alpha value is -4.38. The van der Waals surface area contributed by atoms with Crippen molar-refractivity contribution in [3.05, 3.63) is 104 Å². The summed E-state index contributed by atoms with van der Waals surface area (Å²) in [4.78, 5) is 46.2. The molecule has 0 aliphatic carbocycles. The van der Waals surface area contributed by atoms with Gasteiger partial charge in [-0.05, 0) is 70.0 Å². The first-order chi connectivity index (χ1) is 16.3. The molecule has 34 heavy (non-hydrogen) atoms. The molecule has 172 valence electrons. The van der Waals surface area contributed by atoms with Gasteiger partial charge in [0, 0.05) is 16.6 Å². The molecule has 2 amide bonds. The molecule has 11 heteroatoms. The zero-order chi connectivity index (χ0) is 24.5. The largest absolute Gasteiger partial charge is 0.423 e. The third-order valence-electron chi connectivity index (χ3n) is 4.34. The highest BCUT2D eigenvalue weighted by atomic mass is 79.9. The third kappa shape index (κ3) is 6.81. The van der Waals surface area contributed by atoms with Crippen molar-refractivity contribution in [1.29, 1.82) is 0 Å². The molecule has 0 aliphatic heterocycles. The number of nitro groups is 1. The van der Waals surface area contributed by atoms with E-state index >= 15 is 0 Å². The second kappa shape index (κ2) is 11.5. The molecule has 0 aromatic heterocycles. The predicted octanol–water partition coefficient (Wildman–Crippen LogP) is 3.46. The van der Waals surface area contributed by atoms with Gasteiger partial charge in [-0.3, -0.25) is 19.7 Å². The number of hydrazone groups is 1. The lowest BCUT2D eigenvalue weighted by Crippen LogP contribution is -2.35. The van der Waals surface area contributed by atoms with Gasteiger partial charge in [-0.1, -0.05) is 12.1 Å². The van der Waals surface area contributed by atoms with Crippen molar-refractivity contribution in [3.63, 3.8) is 0 Å². The smallest absolute Gasteiger partial charge is 0.343 e. The molecule has 3 rings (SSSR count). The molecule has 0 atom stereocenters. The van der Waals surface area contributed by atoms with Gasteiger partial charge in [-0.25, -0.2) is 10.2 Å². The van der Waals surface area contributed by atoms with Crippen LogP contribution in [0.1, 0.15) is 26.3 Å². The maximum atomic E-state index is 12.1. The molecule has 2 N–H and O–H groups in total. The molecule has 0 bridgehead atoms. The first-order valence-corrected chi connectivity index (χ1v) is 10.5. The molecule has 0 spiro atoms. The van der Waals surface area contributed by atoms with Crippen LogP contribution in [0.3, 0.4) is 0 Å². The number of rotatable bonds is 8. The Morgan fingerprint density at radius 1 is 1.00 bits per heavy atom. The summed E-state index contributed by atoms with van der Waals surface area (Å²) in [6, 6.07) is 18.2. The first-order valence-electron chi connectivity index (χ1n) is 9.75. The topological polar surface area (TPSA) is 140 Å². The second-order valence-corrected chi connectivity index (χ2v) is 7.57. The van der Waals surface area contributed by atoms with Gasteiger partial charge in [-0.2, -0.15) is 5.10 Å². The monoisotopic (exact) mass is 524 g/mol. The Balaban J connectivity index is 1.46. The minimum absolute atomic E-state index is 0.126. The van der Waals surface area contributed by atoms with Gasteiger partial charge in [0.25, 0.3) is 17.5 Å². The summed E-state index contributed by atoms with van der Waals surface area (Å²) in [7, 11) is 0. The highest BCUT2D eigenvalue weighted by Crippen LogP contribution is 2.17. The maximum Gasteiger partial charge on any atom is 0.343 e. The Morgan fingerprint density at radius 3 is 2.32 bits per heavy atom. The second-order valence-electron chi connectivity index (χ2n) is 6.72.